The quantitative estimate of drug-likeness (QED) is 0.320. The lowest BCUT2D eigenvalue weighted by Gasteiger charge is -2.23. The van der Waals surface area contributed by atoms with Crippen molar-refractivity contribution >= 4 is 21.8 Å². The number of fused-ring (bicyclic) bond motifs is 2. The molecule has 9 heteroatoms. The minimum absolute atomic E-state index is 0.210. The number of rotatable bonds is 5. The van der Waals surface area contributed by atoms with Crippen molar-refractivity contribution in [3.63, 3.8) is 0 Å². The zero-order valence-electron chi connectivity index (χ0n) is 20.0. The van der Waals surface area contributed by atoms with Gasteiger partial charge in [0.15, 0.2) is 0 Å². The number of piperidine rings is 1. The van der Waals surface area contributed by atoms with Crippen LogP contribution in [0.25, 0.3) is 55.8 Å². The molecule has 0 bridgehead atoms. The van der Waals surface area contributed by atoms with E-state index in [1.54, 1.807) is 18.6 Å². The summed E-state index contributed by atoms with van der Waals surface area (Å²) in [5.41, 5.74) is 6.92. The van der Waals surface area contributed by atoms with Gasteiger partial charge in [-0.15, -0.1) is 0 Å². The monoisotopic (exact) mass is 488 g/mol. The number of ether oxygens (including phenoxy) is 1. The van der Waals surface area contributed by atoms with Crippen molar-refractivity contribution in [2.24, 2.45) is 0 Å². The van der Waals surface area contributed by atoms with Gasteiger partial charge in [-0.1, -0.05) is 6.07 Å². The normalized spacial score (nSPS) is 14.4. The summed E-state index contributed by atoms with van der Waals surface area (Å²) in [6, 6.07) is 13.9. The Morgan fingerprint density at radius 3 is 2.59 bits per heavy atom. The Labute approximate surface area is 212 Å². The summed E-state index contributed by atoms with van der Waals surface area (Å²) in [6.07, 6.45) is 11.2. The van der Waals surface area contributed by atoms with Crippen molar-refractivity contribution < 1.29 is 4.74 Å². The van der Waals surface area contributed by atoms with Crippen LogP contribution in [-0.2, 0) is 0 Å². The van der Waals surface area contributed by atoms with Gasteiger partial charge in [0.2, 0.25) is 0 Å². The average Bonchev–Trinajstić information content (AvgIpc) is 3.58. The molecule has 0 radical (unpaired) electrons. The summed E-state index contributed by atoms with van der Waals surface area (Å²) >= 11 is 0. The molecule has 7 heterocycles. The van der Waals surface area contributed by atoms with Gasteiger partial charge in [-0.25, -0.2) is 0 Å². The summed E-state index contributed by atoms with van der Waals surface area (Å²) < 4.78 is 6.20. The van der Waals surface area contributed by atoms with Crippen LogP contribution in [0.5, 0.6) is 5.75 Å². The maximum Gasteiger partial charge on any atom is 0.138 e. The fourth-order valence-electron chi connectivity index (χ4n) is 4.90. The first-order chi connectivity index (χ1) is 18.3. The molecule has 1 aliphatic rings. The highest BCUT2D eigenvalue weighted by Crippen LogP contribution is 2.33. The summed E-state index contributed by atoms with van der Waals surface area (Å²) in [5, 5.41) is 13.1. The molecule has 9 nitrogen and oxygen atoms in total. The van der Waals surface area contributed by atoms with E-state index in [-0.39, 0.29) is 6.10 Å². The van der Waals surface area contributed by atoms with Crippen LogP contribution in [0.15, 0.2) is 73.4 Å². The van der Waals surface area contributed by atoms with E-state index in [9.17, 15) is 0 Å². The Morgan fingerprint density at radius 2 is 1.70 bits per heavy atom. The zero-order valence-corrected chi connectivity index (χ0v) is 20.0. The first-order valence-electron chi connectivity index (χ1n) is 12.4. The van der Waals surface area contributed by atoms with Gasteiger partial charge in [0, 0.05) is 40.4 Å². The molecular formula is C28H24N8O. The number of hydrogen-bond acceptors (Lipinski definition) is 7. The van der Waals surface area contributed by atoms with Gasteiger partial charge >= 0.3 is 0 Å². The number of H-pyrrole nitrogens is 2. The molecule has 0 unspecified atom stereocenters. The standard InChI is InChI=1S/C28H24N8O/c1-2-7-31-23(3-1)27-20-13-25(34-22(20)6-10-32-27)28-21-12-24(33-16-26(21)35-36-28)17-11-19(15-30-14-17)37-18-4-8-29-9-5-18/h1-3,6-7,10-16,18,29,34H,4-5,8-9H2,(H,35,36). The molecule has 37 heavy (non-hydrogen) atoms. The van der Waals surface area contributed by atoms with Crippen LogP contribution < -0.4 is 10.1 Å². The van der Waals surface area contributed by atoms with Crippen LogP contribution in [0.3, 0.4) is 0 Å². The fourth-order valence-corrected chi connectivity index (χ4v) is 4.90. The number of hydrogen-bond donors (Lipinski definition) is 3. The summed E-state index contributed by atoms with van der Waals surface area (Å²) in [6.45, 7) is 1.96. The first-order valence-corrected chi connectivity index (χ1v) is 12.4. The molecule has 6 aromatic rings. The largest absolute Gasteiger partial charge is 0.489 e. The van der Waals surface area contributed by atoms with Gasteiger partial charge in [0.05, 0.1) is 40.7 Å². The topological polar surface area (TPSA) is 117 Å². The predicted molar refractivity (Wildman–Crippen MR) is 142 cm³/mol. The summed E-state index contributed by atoms with van der Waals surface area (Å²) in [4.78, 5) is 21.7. The molecule has 0 spiro atoms. The van der Waals surface area contributed by atoms with Gasteiger partial charge in [-0.3, -0.25) is 25.0 Å². The Hall–Kier alpha value is -4.63. The van der Waals surface area contributed by atoms with Gasteiger partial charge in [-0.05, 0) is 62.3 Å². The van der Waals surface area contributed by atoms with Crippen molar-refractivity contribution in [3.8, 4) is 39.8 Å². The highest BCUT2D eigenvalue weighted by molar-refractivity contribution is 6.00. The second-order valence-electron chi connectivity index (χ2n) is 9.18. The highest BCUT2D eigenvalue weighted by Gasteiger charge is 2.17. The van der Waals surface area contributed by atoms with Crippen molar-refractivity contribution in [2.45, 2.75) is 18.9 Å². The molecule has 7 rings (SSSR count). The van der Waals surface area contributed by atoms with Gasteiger partial charge in [0.25, 0.3) is 0 Å². The third-order valence-electron chi connectivity index (χ3n) is 6.76. The van der Waals surface area contributed by atoms with Gasteiger partial charge in [-0.2, -0.15) is 5.10 Å². The molecule has 6 aromatic heterocycles. The lowest BCUT2D eigenvalue weighted by atomic mass is 10.1. The fraction of sp³-hybridized carbons (Fsp3) is 0.179. The molecule has 0 aromatic carbocycles. The Balaban J connectivity index is 1.26. The third-order valence-corrected chi connectivity index (χ3v) is 6.76. The molecule has 3 N–H and O–H groups in total. The maximum atomic E-state index is 6.20. The van der Waals surface area contributed by atoms with Crippen molar-refractivity contribution in [1.29, 1.82) is 0 Å². The second kappa shape index (κ2) is 9.11. The van der Waals surface area contributed by atoms with E-state index in [0.29, 0.717) is 0 Å². The molecule has 1 fully saturated rings. The number of nitrogens with zero attached hydrogens (tertiary/aromatic N) is 5. The van der Waals surface area contributed by atoms with E-state index in [2.05, 4.69) is 46.5 Å². The minimum atomic E-state index is 0.210. The lowest BCUT2D eigenvalue weighted by molar-refractivity contribution is 0.162. The second-order valence-corrected chi connectivity index (χ2v) is 9.18. The van der Waals surface area contributed by atoms with Crippen LogP contribution in [0.2, 0.25) is 0 Å². The Morgan fingerprint density at radius 1 is 0.784 bits per heavy atom. The van der Waals surface area contributed by atoms with Gasteiger partial charge < -0.3 is 15.0 Å². The lowest BCUT2D eigenvalue weighted by Crippen LogP contribution is -2.34. The van der Waals surface area contributed by atoms with Crippen LogP contribution >= 0.6 is 0 Å². The molecule has 0 atom stereocenters. The summed E-state index contributed by atoms with van der Waals surface area (Å²) in [5.74, 6) is 0.767. The van der Waals surface area contributed by atoms with Crippen LogP contribution in [0, 0.1) is 0 Å². The Bertz CT molecular complexity index is 1700. The van der Waals surface area contributed by atoms with E-state index in [0.717, 1.165) is 87.5 Å². The smallest absolute Gasteiger partial charge is 0.138 e. The third kappa shape index (κ3) is 4.09. The first kappa shape index (κ1) is 21.6. The van der Waals surface area contributed by atoms with Crippen molar-refractivity contribution in [3.05, 3.63) is 73.4 Å². The summed E-state index contributed by atoms with van der Waals surface area (Å²) in [7, 11) is 0. The SMILES string of the molecule is c1ccc(-c2nccc3[nH]c(-c4n[nH]c5cnc(-c6cncc(OC7CCNCC7)c6)cc45)cc23)nc1. The molecule has 0 amide bonds. The molecule has 0 saturated carbocycles. The Kier molecular flexibility index (Phi) is 5.32. The van der Waals surface area contributed by atoms with E-state index >= 15 is 0 Å². The number of aromatic amines is 2. The average molecular weight is 489 g/mol. The van der Waals surface area contributed by atoms with E-state index in [1.165, 1.54) is 0 Å². The number of nitrogens with one attached hydrogen (secondary N) is 3. The number of pyridine rings is 4. The minimum Gasteiger partial charge on any atom is -0.489 e. The molecule has 0 aliphatic carbocycles. The van der Waals surface area contributed by atoms with Crippen molar-refractivity contribution in [1.82, 2.24) is 40.4 Å². The van der Waals surface area contributed by atoms with E-state index in [4.69, 9.17) is 4.74 Å². The molecular weight excluding hydrogens is 464 g/mol. The predicted octanol–water partition coefficient (Wildman–Crippen LogP) is 4.76. The number of aromatic nitrogens is 7. The van der Waals surface area contributed by atoms with E-state index < -0.39 is 0 Å². The molecule has 1 saturated heterocycles. The van der Waals surface area contributed by atoms with Crippen molar-refractivity contribution in [2.75, 3.05) is 13.1 Å². The highest BCUT2D eigenvalue weighted by atomic mass is 16.5. The van der Waals surface area contributed by atoms with Crippen LogP contribution in [0.4, 0.5) is 0 Å². The van der Waals surface area contributed by atoms with Crippen LogP contribution in [-0.4, -0.2) is 54.3 Å². The maximum absolute atomic E-state index is 6.20. The molecule has 182 valence electrons. The van der Waals surface area contributed by atoms with E-state index in [1.807, 2.05) is 48.8 Å². The zero-order chi connectivity index (χ0) is 24.6. The molecule has 1 aliphatic heterocycles. The van der Waals surface area contributed by atoms with Gasteiger partial charge in [0.1, 0.15) is 17.5 Å². The van der Waals surface area contributed by atoms with Crippen LogP contribution in [0.1, 0.15) is 12.8 Å².